The van der Waals surface area contributed by atoms with Gasteiger partial charge in [-0.25, -0.2) is 4.79 Å². The van der Waals surface area contributed by atoms with Gasteiger partial charge in [0.15, 0.2) is 0 Å². The molecule has 0 heterocycles. The molecule has 0 bridgehead atoms. The van der Waals surface area contributed by atoms with Gasteiger partial charge in [0, 0.05) is 12.6 Å². The van der Waals surface area contributed by atoms with E-state index in [1.165, 1.54) is 0 Å². The summed E-state index contributed by atoms with van der Waals surface area (Å²) in [6.45, 7) is 2.69. The smallest absolute Gasteiger partial charge is 0.335 e. The number of benzene rings is 2. The number of aliphatic hydroxyl groups is 1. The van der Waals surface area contributed by atoms with Crippen molar-refractivity contribution in [3.8, 4) is 5.75 Å². The maximum atomic E-state index is 10.8. The van der Waals surface area contributed by atoms with E-state index in [1.54, 1.807) is 12.1 Å². The zero-order valence-electron chi connectivity index (χ0n) is 13.7. The van der Waals surface area contributed by atoms with Gasteiger partial charge in [-0.05, 0) is 43.2 Å². The minimum atomic E-state index is -0.922. The molecule has 0 fully saturated rings. The normalized spacial score (nSPS) is 13.2. The van der Waals surface area contributed by atoms with Crippen LogP contribution in [0.1, 0.15) is 22.8 Å². The van der Waals surface area contributed by atoms with Gasteiger partial charge in [0.25, 0.3) is 0 Å². The fourth-order valence-electron chi connectivity index (χ4n) is 2.31. The van der Waals surface area contributed by atoms with Crippen LogP contribution in [0.5, 0.6) is 5.75 Å². The van der Waals surface area contributed by atoms with E-state index in [-0.39, 0.29) is 18.2 Å². The molecule has 24 heavy (non-hydrogen) atoms. The first-order valence-corrected chi connectivity index (χ1v) is 7.96. The van der Waals surface area contributed by atoms with Crippen molar-refractivity contribution in [2.75, 3.05) is 13.2 Å². The number of rotatable bonds is 9. The van der Waals surface area contributed by atoms with Crippen molar-refractivity contribution in [2.45, 2.75) is 25.5 Å². The zero-order chi connectivity index (χ0) is 17.4. The lowest BCUT2D eigenvalue weighted by Gasteiger charge is -2.18. The van der Waals surface area contributed by atoms with Crippen LogP contribution in [0.4, 0.5) is 0 Å². The first-order valence-electron chi connectivity index (χ1n) is 7.96. The summed E-state index contributed by atoms with van der Waals surface area (Å²) in [5.74, 6) is -0.183. The quantitative estimate of drug-likeness (QED) is 0.658. The fraction of sp³-hybridized carbons (Fsp3) is 0.316. The number of aliphatic hydroxyl groups excluding tert-OH is 1. The first-order chi connectivity index (χ1) is 11.5. The Morgan fingerprint density at radius 1 is 1.12 bits per heavy atom. The summed E-state index contributed by atoms with van der Waals surface area (Å²) in [4.78, 5) is 10.8. The van der Waals surface area contributed by atoms with E-state index in [4.69, 9.17) is 9.84 Å². The van der Waals surface area contributed by atoms with Gasteiger partial charge >= 0.3 is 5.97 Å². The number of hydrogen-bond donors (Lipinski definition) is 3. The topological polar surface area (TPSA) is 78.8 Å². The van der Waals surface area contributed by atoms with Crippen LogP contribution in [-0.4, -0.2) is 41.5 Å². The minimum Gasteiger partial charge on any atom is -0.491 e. The molecule has 2 rings (SSSR count). The average molecular weight is 329 g/mol. The second kappa shape index (κ2) is 9.05. The van der Waals surface area contributed by atoms with Gasteiger partial charge in [-0.2, -0.15) is 0 Å². The predicted molar refractivity (Wildman–Crippen MR) is 92.5 cm³/mol. The van der Waals surface area contributed by atoms with E-state index in [9.17, 15) is 9.90 Å². The summed E-state index contributed by atoms with van der Waals surface area (Å²) >= 11 is 0. The number of para-hydroxylation sites is 1. The Balaban J connectivity index is 1.70. The molecule has 0 saturated heterocycles. The standard InChI is InChI=1S/C19H23NO4/c1-14(11-15-7-9-16(10-8-15)19(22)23)20-12-17(21)13-24-18-5-3-2-4-6-18/h2-10,14,17,20-21H,11-13H2,1H3,(H,22,23)/t14-,17+/m1/s1. The Kier molecular flexibility index (Phi) is 6.78. The molecule has 2 atom stereocenters. The molecule has 0 amide bonds. The number of carboxylic acid groups (broad SMARTS) is 1. The maximum absolute atomic E-state index is 10.8. The third-order valence-electron chi connectivity index (χ3n) is 3.63. The van der Waals surface area contributed by atoms with Gasteiger partial charge in [0.2, 0.25) is 0 Å². The van der Waals surface area contributed by atoms with Crippen molar-refractivity contribution in [3.63, 3.8) is 0 Å². The van der Waals surface area contributed by atoms with Crippen molar-refractivity contribution >= 4 is 5.97 Å². The van der Waals surface area contributed by atoms with E-state index in [2.05, 4.69) is 5.32 Å². The second-order valence-electron chi connectivity index (χ2n) is 5.79. The summed E-state index contributed by atoms with van der Waals surface area (Å²) in [6.07, 6.45) is 0.161. The van der Waals surface area contributed by atoms with Crippen LogP contribution >= 0.6 is 0 Å². The lowest BCUT2D eigenvalue weighted by Crippen LogP contribution is -2.37. The molecule has 0 aromatic heterocycles. The highest BCUT2D eigenvalue weighted by Crippen LogP contribution is 2.09. The van der Waals surface area contributed by atoms with Crippen molar-refractivity contribution in [3.05, 3.63) is 65.7 Å². The largest absolute Gasteiger partial charge is 0.491 e. The molecule has 128 valence electrons. The Hall–Kier alpha value is -2.37. The lowest BCUT2D eigenvalue weighted by molar-refractivity contribution is 0.0697. The molecule has 0 aliphatic heterocycles. The average Bonchev–Trinajstić information content (AvgIpc) is 2.59. The molecular weight excluding hydrogens is 306 g/mol. The van der Waals surface area contributed by atoms with Crippen LogP contribution in [0.2, 0.25) is 0 Å². The summed E-state index contributed by atoms with van der Waals surface area (Å²) in [5.41, 5.74) is 1.34. The highest BCUT2D eigenvalue weighted by Gasteiger charge is 2.09. The summed E-state index contributed by atoms with van der Waals surface area (Å²) in [6, 6.07) is 16.4. The second-order valence-corrected chi connectivity index (χ2v) is 5.79. The van der Waals surface area contributed by atoms with Crippen molar-refractivity contribution in [1.29, 1.82) is 0 Å². The first kappa shape index (κ1) is 18.0. The van der Waals surface area contributed by atoms with Gasteiger partial charge in [0.05, 0.1) is 5.56 Å². The van der Waals surface area contributed by atoms with Gasteiger partial charge in [-0.3, -0.25) is 0 Å². The number of hydrogen-bond acceptors (Lipinski definition) is 4. The van der Waals surface area contributed by atoms with Crippen LogP contribution in [0.15, 0.2) is 54.6 Å². The molecule has 0 aliphatic carbocycles. The Morgan fingerprint density at radius 3 is 2.42 bits per heavy atom. The molecule has 0 spiro atoms. The minimum absolute atomic E-state index is 0.159. The maximum Gasteiger partial charge on any atom is 0.335 e. The highest BCUT2D eigenvalue weighted by molar-refractivity contribution is 5.87. The van der Waals surface area contributed by atoms with E-state index < -0.39 is 12.1 Å². The van der Waals surface area contributed by atoms with E-state index >= 15 is 0 Å². The van der Waals surface area contributed by atoms with Crippen molar-refractivity contribution < 1.29 is 19.7 Å². The number of aromatic carboxylic acids is 1. The monoisotopic (exact) mass is 329 g/mol. The predicted octanol–water partition coefficient (Wildman–Crippen LogP) is 2.35. The van der Waals surface area contributed by atoms with Crippen LogP contribution in [0.25, 0.3) is 0 Å². The third-order valence-corrected chi connectivity index (χ3v) is 3.63. The molecular formula is C19H23NO4. The molecule has 5 heteroatoms. The van der Waals surface area contributed by atoms with E-state index in [0.29, 0.717) is 6.54 Å². The summed E-state index contributed by atoms with van der Waals surface area (Å²) < 4.78 is 5.51. The number of nitrogens with one attached hydrogen (secondary N) is 1. The summed E-state index contributed by atoms with van der Waals surface area (Å²) in [5, 5.41) is 22.1. The molecule has 2 aromatic rings. The number of carbonyl (C=O) groups is 1. The van der Waals surface area contributed by atoms with Crippen molar-refractivity contribution in [2.24, 2.45) is 0 Å². The van der Waals surface area contributed by atoms with Gasteiger partial charge in [0.1, 0.15) is 18.5 Å². The number of ether oxygens (including phenoxy) is 1. The molecule has 0 saturated carbocycles. The Labute approximate surface area is 141 Å². The molecule has 5 nitrogen and oxygen atoms in total. The van der Waals surface area contributed by atoms with Crippen molar-refractivity contribution in [1.82, 2.24) is 5.32 Å². The zero-order valence-corrected chi connectivity index (χ0v) is 13.7. The molecule has 3 N–H and O–H groups in total. The molecule has 0 aliphatic rings. The van der Waals surface area contributed by atoms with Crippen LogP contribution in [0, 0.1) is 0 Å². The van der Waals surface area contributed by atoms with E-state index in [1.807, 2.05) is 49.4 Å². The van der Waals surface area contributed by atoms with E-state index in [0.717, 1.165) is 17.7 Å². The highest BCUT2D eigenvalue weighted by atomic mass is 16.5. The van der Waals surface area contributed by atoms with Crippen LogP contribution in [0.3, 0.4) is 0 Å². The lowest BCUT2D eigenvalue weighted by atomic mass is 10.1. The fourth-order valence-corrected chi connectivity index (χ4v) is 2.31. The summed E-state index contributed by atoms with van der Waals surface area (Å²) in [7, 11) is 0. The molecule has 0 unspecified atom stereocenters. The third kappa shape index (κ3) is 6.02. The molecule has 0 radical (unpaired) electrons. The Bertz CT molecular complexity index is 628. The SMILES string of the molecule is C[C@H](Cc1ccc(C(=O)O)cc1)NC[C@H](O)COc1ccccc1. The van der Waals surface area contributed by atoms with Gasteiger partial charge in [-0.15, -0.1) is 0 Å². The van der Waals surface area contributed by atoms with Gasteiger partial charge in [-0.1, -0.05) is 30.3 Å². The van der Waals surface area contributed by atoms with Gasteiger partial charge < -0.3 is 20.3 Å². The molecule has 2 aromatic carbocycles. The Morgan fingerprint density at radius 2 is 1.79 bits per heavy atom. The van der Waals surface area contributed by atoms with Crippen LogP contribution < -0.4 is 10.1 Å². The van der Waals surface area contributed by atoms with Crippen LogP contribution in [-0.2, 0) is 6.42 Å². The number of carboxylic acids is 1.